The van der Waals surface area contributed by atoms with Crippen molar-refractivity contribution in [2.75, 3.05) is 0 Å². The molecule has 1 amide bonds. The van der Waals surface area contributed by atoms with Crippen LogP contribution in [0.25, 0.3) is 10.2 Å². The Labute approximate surface area is 159 Å². The van der Waals surface area contributed by atoms with E-state index in [1.807, 2.05) is 0 Å². The molecule has 0 atom stereocenters. The molecule has 0 saturated heterocycles. The standard InChI is InChI=1S/C15H10BrN3O3S3/c1-2-7-19-10-4-3-9(25(17,21)22)8-12(10)24-15(19)18-14(20)11-5-6-13(16)23-11/h1,3-6,8H,7H2,(H2,17,21,22). The first-order chi connectivity index (χ1) is 11.8. The smallest absolute Gasteiger partial charge is 0.289 e. The van der Waals surface area contributed by atoms with Gasteiger partial charge in [-0.2, -0.15) is 4.99 Å². The van der Waals surface area contributed by atoms with E-state index >= 15 is 0 Å². The number of thiazole rings is 1. The van der Waals surface area contributed by atoms with E-state index in [4.69, 9.17) is 11.6 Å². The summed E-state index contributed by atoms with van der Waals surface area (Å²) in [6, 6.07) is 7.91. The number of primary sulfonamides is 1. The van der Waals surface area contributed by atoms with Crippen LogP contribution in [0.4, 0.5) is 0 Å². The molecule has 0 unspecified atom stereocenters. The Bertz CT molecular complexity index is 1200. The van der Waals surface area contributed by atoms with Crippen molar-refractivity contribution in [1.29, 1.82) is 0 Å². The Balaban J connectivity index is 2.20. The molecule has 3 rings (SSSR count). The number of terminal acetylenes is 1. The summed E-state index contributed by atoms with van der Waals surface area (Å²) >= 11 is 5.76. The molecule has 0 aliphatic rings. The second-order valence-electron chi connectivity index (χ2n) is 4.87. The molecule has 1 aromatic carbocycles. The van der Waals surface area contributed by atoms with Crippen LogP contribution >= 0.6 is 38.6 Å². The predicted molar refractivity (Wildman–Crippen MR) is 102 cm³/mol. The van der Waals surface area contributed by atoms with Crippen LogP contribution in [0.3, 0.4) is 0 Å². The maximum Gasteiger partial charge on any atom is 0.289 e. The molecule has 3 aromatic rings. The third kappa shape index (κ3) is 3.75. The van der Waals surface area contributed by atoms with Crippen LogP contribution in [-0.4, -0.2) is 18.9 Å². The van der Waals surface area contributed by atoms with Crippen LogP contribution in [0.5, 0.6) is 0 Å². The lowest BCUT2D eigenvalue weighted by atomic mass is 10.3. The van der Waals surface area contributed by atoms with Crippen molar-refractivity contribution < 1.29 is 13.2 Å². The Morgan fingerprint density at radius 1 is 1.32 bits per heavy atom. The van der Waals surface area contributed by atoms with Gasteiger partial charge in [0.15, 0.2) is 4.80 Å². The summed E-state index contributed by atoms with van der Waals surface area (Å²) in [5.74, 6) is 2.13. The highest BCUT2D eigenvalue weighted by Crippen LogP contribution is 2.24. The molecule has 0 radical (unpaired) electrons. The number of fused-ring (bicyclic) bond motifs is 1. The van der Waals surface area contributed by atoms with Crippen molar-refractivity contribution >= 4 is 64.8 Å². The first-order valence-electron chi connectivity index (χ1n) is 6.73. The molecule has 10 heteroatoms. The summed E-state index contributed by atoms with van der Waals surface area (Å²) in [5.41, 5.74) is 0.689. The summed E-state index contributed by atoms with van der Waals surface area (Å²) in [7, 11) is -3.82. The number of hydrogen-bond acceptors (Lipinski definition) is 5. The Kier molecular flexibility index (Phi) is 4.95. The van der Waals surface area contributed by atoms with Crippen molar-refractivity contribution in [3.63, 3.8) is 0 Å². The zero-order valence-electron chi connectivity index (χ0n) is 12.5. The highest BCUT2D eigenvalue weighted by atomic mass is 79.9. The number of carbonyl (C=O) groups is 1. The fourth-order valence-corrected chi connectivity index (χ4v) is 5.08. The van der Waals surface area contributed by atoms with E-state index in [9.17, 15) is 13.2 Å². The van der Waals surface area contributed by atoms with Crippen molar-refractivity contribution in [2.45, 2.75) is 11.4 Å². The van der Waals surface area contributed by atoms with Gasteiger partial charge in [-0.25, -0.2) is 13.6 Å². The minimum atomic E-state index is -3.82. The maximum atomic E-state index is 12.3. The van der Waals surface area contributed by atoms with Crippen LogP contribution in [0.2, 0.25) is 0 Å². The molecule has 0 fully saturated rings. The molecule has 128 valence electrons. The average Bonchev–Trinajstić information content (AvgIpc) is 3.11. The van der Waals surface area contributed by atoms with Gasteiger partial charge in [0.1, 0.15) is 0 Å². The molecule has 6 nitrogen and oxygen atoms in total. The maximum absolute atomic E-state index is 12.3. The summed E-state index contributed by atoms with van der Waals surface area (Å²) in [5, 5.41) is 5.17. The highest BCUT2D eigenvalue weighted by molar-refractivity contribution is 9.11. The Morgan fingerprint density at radius 2 is 2.08 bits per heavy atom. The Morgan fingerprint density at radius 3 is 2.68 bits per heavy atom. The number of rotatable bonds is 3. The van der Waals surface area contributed by atoms with Gasteiger partial charge in [-0.1, -0.05) is 17.3 Å². The van der Waals surface area contributed by atoms with Gasteiger partial charge in [-0.3, -0.25) is 4.79 Å². The predicted octanol–water partition coefficient (Wildman–Crippen LogP) is 2.55. The van der Waals surface area contributed by atoms with Gasteiger partial charge in [-0.15, -0.1) is 17.8 Å². The molecule has 25 heavy (non-hydrogen) atoms. The molecule has 2 heterocycles. The van der Waals surface area contributed by atoms with Crippen molar-refractivity contribution in [3.05, 3.63) is 43.8 Å². The molecule has 0 bridgehead atoms. The van der Waals surface area contributed by atoms with E-state index in [-0.39, 0.29) is 17.3 Å². The molecule has 0 aliphatic carbocycles. The van der Waals surface area contributed by atoms with Crippen LogP contribution in [-0.2, 0) is 16.6 Å². The van der Waals surface area contributed by atoms with Gasteiger partial charge in [0.25, 0.3) is 5.91 Å². The number of aromatic nitrogens is 1. The number of hydrogen-bond donors (Lipinski definition) is 1. The molecule has 0 aliphatic heterocycles. The van der Waals surface area contributed by atoms with Gasteiger partial charge < -0.3 is 4.57 Å². The quantitative estimate of drug-likeness (QED) is 0.614. The largest absolute Gasteiger partial charge is 0.305 e. The van der Waals surface area contributed by atoms with E-state index in [1.165, 1.54) is 34.8 Å². The second kappa shape index (κ2) is 6.86. The SMILES string of the molecule is C#CCn1c(=NC(=O)c2ccc(Br)s2)sc2cc(S(N)(=O)=O)ccc21. The number of benzene rings is 1. The van der Waals surface area contributed by atoms with Gasteiger partial charge >= 0.3 is 0 Å². The van der Waals surface area contributed by atoms with E-state index in [2.05, 4.69) is 26.8 Å². The fourth-order valence-electron chi connectivity index (χ4n) is 2.13. The van der Waals surface area contributed by atoms with E-state index < -0.39 is 10.0 Å². The number of nitrogens with two attached hydrogens (primary N) is 1. The summed E-state index contributed by atoms with van der Waals surface area (Å²) in [6.45, 7) is 0.203. The van der Waals surface area contributed by atoms with Crippen LogP contribution in [0.15, 0.2) is 44.0 Å². The second-order valence-corrected chi connectivity index (χ2v) is 9.90. The molecular weight excluding hydrogens is 446 g/mol. The number of carbonyl (C=O) groups excluding carboxylic acids is 1. The summed E-state index contributed by atoms with van der Waals surface area (Å²) in [6.07, 6.45) is 5.41. The zero-order chi connectivity index (χ0) is 18.2. The lowest BCUT2D eigenvalue weighted by Gasteiger charge is -2.01. The third-order valence-electron chi connectivity index (χ3n) is 3.21. The normalized spacial score (nSPS) is 12.4. The monoisotopic (exact) mass is 455 g/mol. The van der Waals surface area contributed by atoms with Crippen molar-refractivity contribution in [2.24, 2.45) is 10.1 Å². The lowest BCUT2D eigenvalue weighted by molar-refractivity contribution is 0.100. The number of nitrogens with zero attached hydrogens (tertiary/aromatic N) is 2. The van der Waals surface area contributed by atoms with Crippen molar-refractivity contribution in [3.8, 4) is 12.3 Å². The van der Waals surface area contributed by atoms with Gasteiger partial charge in [0.05, 0.1) is 30.3 Å². The summed E-state index contributed by atoms with van der Waals surface area (Å²) in [4.78, 5) is 17.4. The third-order valence-corrected chi connectivity index (χ3v) is 6.78. The fraction of sp³-hybridized carbons (Fsp3) is 0.0667. The number of amides is 1. The molecule has 0 spiro atoms. The van der Waals surface area contributed by atoms with Crippen molar-refractivity contribution in [1.82, 2.24) is 4.57 Å². The van der Waals surface area contributed by atoms with Crippen LogP contribution in [0, 0.1) is 12.3 Å². The van der Waals surface area contributed by atoms with Gasteiger partial charge in [-0.05, 0) is 46.3 Å². The van der Waals surface area contributed by atoms with Crippen LogP contribution in [0.1, 0.15) is 9.67 Å². The average molecular weight is 456 g/mol. The first-order valence-corrected chi connectivity index (χ1v) is 10.7. The number of sulfonamides is 1. The zero-order valence-corrected chi connectivity index (χ0v) is 16.5. The van der Waals surface area contributed by atoms with E-state index in [1.54, 1.807) is 22.8 Å². The van der Waals surface area contributed by atoms with E-state index in [0.29, 0.717) is 19.9 Å². The highest BCUT2D eigenvalue weighted by Gasteiger charge is 2.14. The molecule has 0 saturated carbocycles. The molecule has 2 N–H and O–H groups in total. The molecular formula is C15H10BrN3O3S3. The van der Waals surface area contributed by atoms with Gasteiger partial charge in [0, 0.05) is 0 Å². The molecule has 2 aromatic heterocycles. The topological polar surface area (TPSA) is 94.5 Å². The number of halogens is 1. The minimum Gasteiger partial charge on any atom is -0.305 e. The van der Waals surface area contributed by atoms with Gasteiger partial charge in [0.2, 0.25) is 10.0 Å². The summed E-state index contributed by atoms with van der Waals surface area (Å²) < 4.78 is 26.2. The van der Waals surface area contributed by atoms with Crippen LogP contribution < -0.4 is 9.94 Å². The lowest BCUT2D eigenvalue weighted by Crippen LogP contribution is -2.16. The number of thiophene rings is 1. The van der Waals surface area contributed by atoms with E-state index in [0.717, 1.165) is 3.79 Å². The first kappa shape index (κ1) is 18.0. The Hall–Kier alpha value is -1.77. The minimum absolute atomic E-state index is 0.00540.